The molecular weight excluding hydrogens is 504 g/mol. The fraction of sp³-hybridized carbons (Fsp3) is 0.515. The van der Waals surface area contributed by atoms with Crippen LogP contribution in [0.1, 0.15) is 70.9 Å². The highest BCUT2D eigenvalue weighted by molar-refractivity contribution is 7.09. The monoisotopic (exact) mass is 548 g/mol. The average molecular weight is 549 g/mol. The van der Waals surface area contributed by atoms with Gasteiger partial charge >= 0.3 is 0 Å². The van der Waals surface area contributed by atoms with Crippen molar-refractivity contribution in [2.45, 2.75) is 78.2 Å². The van der Waals surface area contributed by atoms with Gasteiger partial charge in [0.05, 0.1) is 23.8 Å². The standard InChI is InChI=1S/C33H44N2O3S/c1-22(2)31(38-5)18-9-23(3)26-12-10-25(11-13-26)21-35(33(37)27-14-16-30(36)17-15-27)29-8-6-7-28(20-29)32-19-24(4)34-39-32/h6-9,18-20,25-27,30,36H,3,10-17,21H2,1-2,4-5H3/b18-9-. The first-order valence-electron chi connectivity index (χ1n) is 14.4. The summed E-state index contributed by atoms with van der Waals surface area (Å²) < 4.78 is 9.92. The van der Waals surface area contributed by atoms with Crippen LogP contribution in [0.15, 0.2) is 66.0 Å². The van der Waals surface area contributed by atoms with Gasteiger partial charge in [0.2, 0.25) is 5.91 Å². The van der Waals surface area contributed by atoms with Crippen LogP contribution >= 0.6 is 11.5 Å². The zero-order valence-corrected chi connectivity index (χ0v) is 24.8. The molecule has 1 amide bonds. The molecule has 0 bridgehead atoms. The summed E-state index contributed by atoms with van der Waals surface area (Å²) in [5.41, 5.74) is 5.40. The molecule has 2 fully saturated rings. The van der Waals surface area contributed by atoms with Gasteiger partial charge in [-0.3, -0.25) is 4.79 Å². The molecule has 0 spiro atoms. The van der Waals surface area contributed by atoms with E-state index in [-0.39, 0.29) is 17.9 Å². The maximum absolute atomic E-state index is 13.9. The molecule has 2 aliphatic rings. The summed E-state index contributed by atoms with van der Waals surface area (Å²) in [5, 5.41) is 10.0. The molecule has 39 heavy (non-hydrogen) atoms. The number of aliphatic hydroxyl groups is 1. The minimum absolute atomic E-state index is 0.0194. The molecule has 1 aromatic carbocycles. The zero-order chi connectivity index (χ0) is 27.9. The number of nitrogens with zero attached hydrogens (tertiary/aromatic N) is 2. The Morgan fingerprint density at radius 1 is 1.08 bits per heavy atom. The fourth-order valence-corrected chi connectivity index (χ4v) is 6.67. The van der Waals surface area contributed by atoms with E-state index in [1.54, 1.807) is 7.11 Å². The first-order chi connectivity index (χ1) is 18.7. The lowest BCUT2D eigenvalue weighted by Crippen LogP contribution is -2.42. The summed E-state index contributed by atoms with van der Waals surface area (Å²) >= 11 is 1.50. The molecule has 210 valence electrons. The predicted molar refractivity (Wildman–Crippen MR) is 162 cm³/mol. The topological polar surface area (TPSA) is 62.7 Å². The van der Waals surface area contributed by atoms with Gasteiger partial charge in [0.1, 0.15) is 5.76 Å². The number of ether oxygens (including phenoxy) is 1. The number of methoxy groups -OCH3 is 1. The normalized spacial score (nSPS) is 23.4. The summed E-state index contributed by atoms with van der Waals surface area (Å²) in [4.78, 5) is 17.1. The van der Waals surface area contributed by atoms with Crippen LogP contribution in [0, 0.1) is 24.7 Å². The van der Waals surface area contributed by atoms with Crippen molar-refractivity contribution in [3.05, 3.63) is 71.7 Å². The quantitative estimate of drug-likeness (QED) is 0.256. The first-order valence-corrected chi connectivity index (χ1v) is 15.1. The van der Waals surface area contributed by atoms with E-state index in [0.29, 0.717) is 24.7 Å². The van der Waals surface area contributed by atoms with Crippen LogP contribution in [-0.4, -0.2) is 35.1 Å². The van der Waals surface area contributed by atoms with E-state index in [4.69, 9.17) is 4.74 Å². The summed E-state index contributed by atoms with van der Waals surface area (Å²) in [5.74, 6) is 2.01. The van der Waals surface area contributed by atoms with Gasteiger partial charge in [-0.15, -0.1) is 0 Å². The Morgan fingerprint density at radius 3 is 2.38 bits per heavy atom. The molecule has 1 N–H and O–H groups in total. The fourth-order valence-electron chi connectivity index (χ4n) is 5.92. The number of rotatable bonds is 9. The van der Waals surface area contributed by atoms with Crippen molar-refractivity contribution in [2.75, 3.05) is 18.6 Å². The maximum Gasteiger partial charge on any atom is 0.230 e. The SMILES string of the molecule is C=C(/C=C\C(OC)=C(C)C)C1CCC(CN(C(=O)C2CCC(O)CC2)c2cccc(-c3cc(C)ns3)c2)CC1. The third-order valence-electron chi connectivity index (χ3n) is 8.36. The number of benzene rings is 1. The average Bonchev–Trinajstić information content (AvgIpc) is 3.38. The van der Waals surface area contributed by atoms with Crippen molar-refractivity contribution < 1.29 is 14.6 Å². The first kappa shape index (κ1) is 29.3. The van der Waals surface area contributed by atoms with E-state index < -0.39 is 0 Å². The largest absolute Gasteiger partial charge is 0.497 e. The number of carbonyl (C=O) groups is 1. The van der Waals surface area contributed by atoms with Crippen LogP contribution in [0.5, 0.6) is 0 Å². The molecule has 6 heteroatoms. The summed E-state index contributed by atoms with van der Waals surface area (Å²) in [6.45, 7) is 11.2. The lowest BCUT2D eigenvalue weighted by molar-refractivity contribution is -0.124. The molecular formula is C33H44N2O3S. The molecule has 0 unspecified atom stereocenters. The second kappa shape index (κ2) is 13.6. The van der Waals surface area contributed by atoms with E-state index in [9.17, 15) is 9.90 Å². The third kappa shape index (κ3) is 7.70. The molecule has 2 saturated carbocycles. The summed E-state index contributed by atoms with van der Waals surface area (Å²) in [7, 11) is 1.71. The predicted octanol–water partition coefficient (Wildman–Crippen LogP) is 7.86. The van der Waals surface area contributed by atoms with Gasteiger partial charge in [0.25, 0.3) is 0 Å². The minimum Gasteiger partial charge on any atom is -0.497 e. The molecule has 0 atom stereocenters. The summed E-state index contributed by atoms with van der Waals surface area (Å²) in [6, 6.07) is 10.5. The van der Waals surface area contributed by atoms with Gasteiger partial charge in [-0.25, -0.2) is 0 Å². The highest BCUT2D eigenvalue weighted by atomic mass is 32.1. The molecule has 5 nitrogen and oxygen atoms in total. The molecule has 0 aliphatic heterocycles. The minimum atomic E-state index is -0.269. The van der Waals surface area contributed by atoms with Crippen LogP contribution in [0.25, 0.3) is 10.4 Å². The van der Waals surface area contributed by atoms with Crippen molar-refractivity contribution in [1.82, 2.24) is 4.37 Å². The number of hydrogen-bond acceptors (Lipinski definition) is 5. The maximum atomic E-state index is 13.9. The van der Waals surface area contributed by atoms with Gasteiger partial charge in [-0.2, -0.15) is 4.37 Å². The number of anilines is 1. The van der Waals surface area contributed by atoms with Crippen LogP contribution in [-0.2, 0) is 9.53 Å². The Kier molecular flexibility index (Phi) is 10.2. The lowest BCUT2D eigenvalue weighted by atomic mass is 9.78. The molecule has 2 aromatic rings. The van der Waals surface area contributed by atoms with Crippen LogP contribution < -0.4 is 4.90 Å². The Balaban J connectivity index is 1.47. The second-order valence-electron chi connectivity index (χ2n) is 11.5. The Hall–Kier alpha value is -2.70. The zero-order valence-electron chi connectivity index (χ0n) is 24.0. The van der Waals surface area contributed by atoms with Gasteiger partial charge in [0.15, 0.2) is 0 Å². The van der Waals surface area contributed by atoms with Gasteiger partial charge in [0, 0.05) is 18.2 Å². The van der Waals surface area contributed by atoms with Crippen molar-refractivity contribution in [3.8, 4) is 10.4 Å². The van der Waals surface area contributed by atoms with Crippen LogP contribution in [0.3, 0.4) is 0 Å². The number of aryl methyl sites for hydroxylation is 1. The molecule has 1 heterocycles. The number of hydrogen-bond donors (Lipinski definition) is 1. The second-order valence-corrected chi connectivity index (χ2v) is 12.3. The van der Waals surface area contributed by atoms with Crippen molar-refractivity contribution in [2.24, 2.45) is 17.8 Å². The highest BCUT2D eigenvalue weighted by Gasteiger charge is 2.32. The molecule has 2 aliphatic carbocycles. The van der Waals surface area contributed by atoms with Crippen molar-refractivity contribution in [3.63, 3.8) is 0 Å². The van der Waals surface area contributed by atoms with Gasteiger partial charge in [-0.1, -0.05) is 30.4 Å². The number of allylic oxidation sites excluding steroid dienone is 4. The Bertz CT molecular complexity index is 1190. The van der Waals surface area contributed by atoms with Gasteiger partial charge < -0.3 is 14.7 Å². The van der Waals surface area contributed by atoms with Crippen LogP contribution in [0.2, 0.25) is 0 Å². The smallest absolute Gasteiger partial charge is 0.230 e. The molecule has 0 radical (unpaired) electrons. The number of amides is 1. The highest BCUT2D eigenvalue weighted by Crippen LogP contribution is 2.37. The number of aromatic nitrogens is 1. The van der Waals surface area contributed by atoms with E-state index in [1.165, 1.54) is 11.5 Å². The lowest BCUT2D eigenvalue weighted by Gasteiger charge is -2.36. The van der Waals surface area contributed by atoms with Crippen LogP contribution in [0.4, 0.5) is 5.69 Å². The molecule has 1 aromatic heterocycles. The Morgan fingerprint density at radius 2 is 1.77 bits per heavy atom. The molecule has 0 saturated heterocycles. The van der Waals surface area contributed by atoms with Crippen molar-refractivity contribution in [1.29, 1.82) is 0 Å². The third-order valence-corrected chi connectivity index (χ3v) is 9.29. The molecule has 4 rings (SSSR count). The number of carbonyl (C=O) groups excluding carboxylic acids is 1. The van der Waals surface area contributed by atoms with E-state index in [0.717, 1.165) is 83.8 Å². The van der Waals surface area contributed by atoms with E-state index in [2.05, 4.69) is 52.3 Å². The Labute approximate surface area is 238 Å². The van der Waals surface area contributed by atoms with Crippen molar-refractivity contribution >= 4 is 23.1 Å². The summed E-state index contributed by atoms with van der Waals surface area (Å²) in [6.07, 6.45) is 11.2. The van der Waals surface area contributed by atoms with E-state index >= 15 is 0 Å². The van der Waals surface area contributed by atoms with E-state index in [1.807, 2.05) is 26.8 Å². The number of aliphatic hydroxyl groups excluding tert-OH is 1. The van der Waals surface area contributed by atoms with Gasteiger partial charge in [-0.05, 0) is 131 Å².